The number of nitrogens with one attached hydrogen (secondary N) is 1. The molecule has 0 bridgehead atoms. The average Bonchev–Trinajstić information content (AvgIpc) is 3.44. The summed E-state index contributed by atoms with van der Waals surface area (Å²) in [5, 5.41) is 3.87. The first-order valence-corrected chi connectivity index (χ1v) is 13.8. The first-order valence-electron chi connectivity index (χ1n) is 13.1. The van der Waals surface area contributed by atoms with Crippen LogP contribution in [0.15, 0.2) is 60.7 Å². The molecule has 1 atom stereocenters. The van der Waals surface area contributed by atoms with E-state index in [0.717, 1.165) is 39.3 Å². The van der Waals surface area contributed by atoms with E-state index >= 15 is 0 Å². The summed E-state index contributed by atoms with van der Waals surface area (Å²) in [6.07, 6.45) is 0. The van der Waals surface area contributed by atoms with Gasteiger partial charge in [-0.25, -0.2) is 0 Å². The topological polar surface area (TPSA) is 63.6 Å². The molecule has 40 heavy (non-hydrogen) atoms. The van der Waals surface area contributed by atoms with Crippen molar-refractivity contribution >= 4 is 40.7 Å². The number of amides is 2. The van der Waals surface area contributed by atoms with Gasteiger partial charge < -0.3 is 14.6 Å². The van der Waals surface area contributed by atoms with E-state index in [4.69, 9.17) is 27.9 Å². The number of ether oxygens (including phenoxy) is 1. The van der Waals surface area contributed by atoms with Crippen LogP contribution in [0.25, 0.3) is 11.3 Å². The third-order valence-corrected chi connectivity index (χ3v) is 7.95. The molecule has 0 saturated carbocycles. The number of aryl methyl sites for hydroxylation is 2. The number of anilines is 1. The van der Waals surface area contributed by atoms with Crippen LogP contribution in [0.2, 0.25) is 10.0 Å². The molecule has 8 heteroatoms. The van der Waals surface area contributed by atoms with Crippen LogP contribution in [0.1, 0.15) is 69.0 Å². The Balaban J connectivity index is 1.83. The van der Waals surface area contributed by atoms with E-state index in [1.54, 1.807) is 26.3 Å². The maximum absolute atomic E-state index is 14.4. The molecule has 1 aliphatic heterocycles. The fourth-order valence-electron chi connectivity index (χ4n) is 5.64. The number of hydrogen-bond donors (Lipinski definition) is 1. The van der Waals surface area contributed by atoms with Crippen molar-refractivity contribution in [2.24, 2.45) is 0 Å². The van der Waals surface area contributed by atoms with Crippen LogP contribution in [0.3, 0.4) is 0 Å². The molecule has 0 spiro atoms. The lowest BCUT2D eigenvalue weighted by molar-refractivity contribution is 0.0961. The van der Waals surface area contributed by atoms with E-state index in [1.807, 2.05) is 67.3 Å². The predicted molar refractivity (Wildman–Crippen MR) is 161 cm³/mol. The Morgan fingerprint density at radius 1 is 0.925 bits per heavy atom. The number of rotatable bonds is 6. The number of halogens is 2. The zero-order valence-electron chi connectivity index (χ0n) is 23.3. The minimum Gasteiger partial charge on any atom is -0.496 e. The highest BCUT2D eigenvalue weighted by molar-refractivity contribution is 6.31. The van der Waals surface area contributed by atoms with Crippen molar-refractivity contribution in [3.8, 4) is 17.0 Å². The molecule has 2 amide bonds. The van der Waals surface area contributed by atoms with Crippen molar-refractivity contribution in [3.63, 3.8) is 0 Å². The number of carbonyl (C=O) groups excluding carboxylic acids is 2. The molecule has 0 radical (unpaired) electrons. The molecule has 0 aliphatic carbocycles. The Morgan fingerprint density at radius 3 is 2.27 bits per heavy atom. The fourth-order valence-corrected chi connectivity index (χ4v) is 6.03. The van der Waals surface area contributed by atoms with Crippen molar-refractivity contribution in [1.29, 1.82) is 0 Å². The molecule has 1 aliphatic rings. The number of aromatic nitrogens is 1. The summed E-state index contributed by atoms with van der Waals surface area (Å²) in [7, 11) is 3.20. The number of nitrogens with zero attached hydrogens (tertiary/aromatic N) is 2. The molecule has 6 nitrogen and oxygen atoms in total. The van der Waals surface area contributed by atoms with Crippen LogP contribution < -0.4 is 15.0 Å². The monoisotopic (exact) mass is 575 g/mol. The van der Waals surface area contributed by atoms with Crippen LogP contribution in [0, 0.1) is 13.8 Å². The summed E-state index contributed by atoms with van der Waals surface area (Å²) in [6.45, 7) is 8.15. The number of methoxy groups -OCH3 is 1. The first-order chi connectivity index (χ1) is 19.1. The third-order valence-electron chi connectivity index (χ3n) is 7.48. The maximum Gasteiger partial charge on any atom is 0.261 e. The lowest BCUT2D eigenvalue weighted by Crippen LogP contribution is -2.31. The van der Waals surface area contributed by atoms with Gasteiger partial charge in [0, 0.05) is 39.9 Å². The van der Waals surface area contributed by atoms with Gasteiger partial charge in [-0.15, -0.1) is 0 Å². The molecule has 2 heterocycles. The third kappa shape index (κ3) is 4.55. The van der Waals surface area contributed by atoms with Crippen LogP contribution in [0.4, 0.5) is 5.69 Å². The molecule has 4 aromatic rings. The van der Waals surface area contributed by atoms with Gasteiger partial charge in [0.1, 0.15) is 11.8 Å². The SMILES string of the molecule is CNC(=O)c1ccc(OC)c(-c2cc3c(n2C(C)C)[C@@H](c2ccc(Cl)cc2C)N(c2cc(Cl)ccc2C)C3=O)c1. The van der Waals surface area contributed by atoms with Crippen molar-refractivity contribution in [3.05, 3.63) is 104 Å². The maximum atomic E-state index is 14.4. The molecule has 3 aromatic carbocycles. The zero-order valence-corrected chi connectivity index (χ0v) is 24.8. The summed E-state index contributed by atoms with van der Waals surface area (Å²) in [6, 6.07) is 18.2. The van der Waals surface area contributed by atoms with E-state index in [-0.39, 0.29) is 17.9 Å². The molecule has 5 rings (SSSR count). The van der Waals surface area contributed by atoms with Crippen LogP contribution >= 0.6 is 23.2 Å². The van der Waals surface area contributed by atoms with Gasteiger partial charge in [0.2, 0.25) is 0 Å². The molecule has 206 valence electrons. The summed E-state index contributed by atoms with van der Waals surface area (Å²) >= 11 is 12.8. The van der Waals surface area contributed by atoms with E-state index in [9.17, 15) is 9.59 Å². The number of fused-ring (bicyclic) bond motifs is 1. The predicted octanol–water partition coefficient (Wildman–Crippen LogP) is 7.78. The Morgan fingerprint density at radius 2 is 1.62 bits per heavy atom. The van der Waals surface area contributed by atoms with Gasteiger partial charge in [0.25, 0.3) is 11.8 Å². The molecule has 0 saturated heterocycles. The van der Waals surface area contributed by atoms with E-state index < -0.39 is 6.04 Å². The molecular weight excluding hydrogens is 545 g/mol. The van der Waals surface area contributed by atoms with Gasteiger partial charge in [0.15, 0.2) is 0 Å². The highest BCUT2D eigenvalue weighted by Crippen LogP contribution is 2.49. The number of benzene rings is 3. The smallest absolute Gasteiger partial charge is 0.261 e. The lowest BCUT2D eigenvalue weighted by Gasteiger charge is -2.31. The summed E-state index contributed by atoms with van der Waals surface area (Å²) in [5.41, 5.74) is 7.13. The molecular formula is C32H31Cl2N3O3. The molecule has 1 aromatic heterocycles. The fraction of sp³-hybridized carbons (Fsp3) is 0.250. The number of carbonyl (C=O) groups is 2. The van der Waals surface area contributed by atoms with Gasteiger partial charge in [-0.2, -0.15) is 0 Å². The Hall–Kier alpha value is -3.74. The van der Waals surface area contributed by atoms with Crippen molar-refractivity contribution < 1.29 is 14.3 Å². The van der Waals surface area contributed by atoms with Crippen LogP contribution in [-0.4, -0.2) is 30.5 Å². The van der Waals surface area contributed by atoms with Crippen molar-refractivity contribution in [1.82, 2.24) is 9.88 Å². The second kappa shape index (κ2) is 10.7. The summed E-state index contributed by atoms with van der Waals surface area (Å²) in [5.74, 6) is 0.286. The largest absolute Gasteiger partial charge is 0.496 e. The van der Waals surface area contributed by atoms with Crippen LogP contribution in [0.5, 0.6) is 5.75 Å². The standard InChI is InChI=1S/C32H31Cl2N3O3/c1-17(2)36-27(24-14-20(31(38)35-5)8-12-28(24)40-6)16-25-30(36)29(23-11-10-21(33)13-19(23)4)37(32(25)39)26-15-22(34)9-7-18(26)3/h7-17,29H,1-6H3,(H,35,38)/t29-/m1/s1. The molecule has 0 unspecified atom stereocenters. The Kier molecular flexibility index (Phi) is 7.42. The van der Waals surface area contributed by atoms with Gasteiger partial charge in [0.05, 0.1) is 24.1 Å². The normalized spacial score (nSPS) is 14.6. The highest BCUT2D eigenvalue weighted by atomic mass is 35.5. The summed E-state index contributed by atoms with van der Waals surface area (Å²) in [4.78, 5) is 28.7. The quantitative estimate of drug-likeness (QED) is 0.255. The van der Waals surface area contributed by atoms with E-state index in [2.05, 4.69) is 23.7 Å². The summed E-state index contributed by atoms with van der Waals surface area (Å²) < 4.78 is 7.90. The van der Waals surface area contributed by atoms with Crippen LogP contribution in [-0.2, 0) is 0 Å². The minimum absolute atomic E-state index is 0.0181. The molecule has 1 N–H and O–H groups in total. The Bertz CT molecular complexity index is 1660. The van der Waals surface area contributed by atoms with Gasteiger partial charge in [-0.1, -0.05) is 35.3 Å². The average molecular weight is 577 g/mol. The zero-order chi connectivity index (χ0) is 28.9. The van der Waals surface area contributed by atoms with E-state index in [0.29, 0.717) is 26.9 Å². The van der Waals surface area contributed by atoms with Crippen molar-refractivity contribution in [2.45, 2.75) is 39.8 Å². The van der Waals surface area contributed by atoms with E-state index in [1.165, 1.54) is 0 Å². The second-order valence-corrected chi connectivity index (χ2v) is 11.2. The minimum atomic E-state index is -0.429. The number of hydrogen-bond acceptors (Lipinski definition) is 3. The second-order valence-electron chi connectivity index (χ2n) is 10.3. The first kappa shape index (κ1) is 27.8. The lowest BCUT2D eigenvalue weighted by atomic mass is 9.97. The molecule has 0 fully saturated rings. The van der Waals surface area contributed by atoms with Crippen molar-refractivity contribution in [2.75, 3.05) is 19.1 Å². The van der Waals surface area contributed by atoms with Gasteiger partial charge in [-0.3, -0.25) is 14.5 Å². The highest BCUT2D eigenvalue weighted by Gasteiger charge is 2.44. The Labute approximate surface area is 244 Å². The van der Waals surface area contributed by atoms with Gasteiger partial charge in [-0.05, 0) is 92.9 Å². The van der Waals surface area contributed by atoms with Gasteiger partial charge >= 0.3 is 0 Å².